The van der Waals surface area contributed by atoms with Crippen molar-refractivity contribution in [3.63, 3.8) is 0 Å². The summed E-state index contributed by atoms with van der Waals surface area (Å²) in [5, 5.41) is 3.47. The van der Waals surface area contributed by atoms with Gasteiger partial charge in [0.05, 0.1) is 23.3 Å². The lowest BCUT2D eigenvalue weighted by molar-refractivity contribution is -0.163. The van der Waals surface area contributed by atoms with Crippen LogP contribution >= 0.6 is 0 Å². The zero-order valence-corrected chi connectivity index (χ0v) is 24.7. The molecule has 0 bridgehead atoms. The summed E-state index contributed by atoms with van der Waals surface area (Å²) in [6.45, 7) is 7.25. The van der Waals surface area contributed by atoms with E-state index in [-0.39, 0.29) is 29.4 Å². The summed E-state index contributed by atoms with van der Waals surface area (Å²) in [4.78, 5) is 13.2. The highest BCUT2D eigenvalue weighted by Gasteiger charge is 2.46. The molecule has 3 unspecified atom stereocenters. The normalized spacial score (nSPS) is 23.4. The molecule has 2 aromatic rings. The molecule has 11 heteroatoms. The van der Waals surface area contributed by atoms with Crippen molar-refractivity contribution in [2.24, 2.45) is 5.92 Å². The van der Waals surface area contributed by atoms with Gasteiger partial charge in [0, 0.05) is 5.92 Å². The molecular weight excluding hydrogens is 579 g/mol. The van der Waals surface area contributed by atoms with Crippen molar-refractivity contribution in [3.05, 3.63) is 70.5 Å². The first-order chi connectivity index (χ1) is 19.9. The largest absolute Gasteiger partial charge is 0.459 e. The van der Waals surface area contributed by atoms with Crippen molar-refractivity contribution < 1.29 is 45.0 Å². The van der Waals surface area contributed by atoms with E-state index in [0.29, 0.717) is 44.4 Å². The summed E-state index contributed by atoms with van der Waals surface area (Å²) in [5.74, 6) is -1.21. The first-order valence-corrected chi connectivity index (χ1v) is 14.6. The summed E-state index contributed by atoms with van der Waals surface area (Å²) >= 11 is 0. The van der Waals surface area contributed by atoms with Gasteiger partial charge in [-0.2, -0.15) is 26.3 Å². The summed E-state index contributed by atoms with van der Waals surface area (Å²) in [6.07, 6.45) is -7.56. The minimum Gasteiger partial charge on any atom is -0.459 e. The third-order valence-electron chi connectivity index (χ3n) is 8.39. The summed E-state index contributed by atoms with van der Waals surface area (Å²) in [5.41, 5.74) is -3.82. The number of ether oxygens (including phenoxy) is 2. The molecule has 0 heterocycles. The lowest BCUT2D eigenvalue weighted by atomic mass is 9.86. The minimum absolute atomic E-state index is 0.0956. The van der Waals surface area contributed by atoms with Gasteiger partial charge in [0.2, 0.25) is 0 Å². The molecule has 2 aliphatic carbocycles. The van der Waals surface area contributed by atoms with Crippen molar-refractivity contribution >= 4 is 5.97 Å². The van der Waals surface area contributed by atoms with E-state index in [1.54, 1.807) is 32.9 Å². The molecule has 238 valence electrons. The molecule has 0 saturated heterocycles. The maximum Gasteiger partial charge on any atom is 0.416 e. The van der Waals surface area contributed by atoms with E-state index in [4.69, 9.17) is 9.47 Å². The van der Waals surface area contributed by atoms with Gasteiger partial charge in [0.15, 0.2) is 0 Å². The molecule has 0 spiro atoms. The maximum absolute atomic E-state index is 13.8. The number of rotatable bonds is 8. The number of benzene rings is 2. The molecular formula is C32H38F7NO3. The Kier molecular flexibility index (Phi) is 9.57. The zero-order chi connectivity index (χ0) is 31.8. The molecule has 0 aromatic heterocycles. The first-order valence-electron chi connectivity index (χ1n) is 14.6. The van der Waals surface area contributed by atoms with Gasteiger partial charge < -0.3 is 14.8 Å². The minimum atomic E-state index is -4.97. The molecule has 0 amide bonds. The van der Waals surface area contributed by atoms with E-state index in [9.17, 15) is 35.5 Å². The topological polar surface area (TPSA) is 47.6 Å². The van der Waals surface area contributed by atoms with Gasteiger partial charge in [-0.25, -0.2) is 4.39 Å². The number of nitrogens with one attached hydrogen (secondary N) is 1. The fourth-order valence-corrected chi connectivity index (χ4v) is 6.28. The molecule has 4 nitrogen and oxygen atoms in total. The maximum atomic E-state index is 13.8. The number of carbonyl (C=O) groups is 1. The summed E-state index contributed by atoms with van der Waals surface area (Å²) < 4.78 is 107. The molecule has 1 N–H and O–H groups in total. The molecule has 2 aliphatic rings. The van der Waals surface area contributed by atoms with Crippen LogP contribution < -0.4 is 5.32 Å². The van der Waals surface area contributed by atoms with Gasteiger partial charge >= 0.3 is 18.3 Å². The Labute approximate surface area is 247 Å². The van der Waals surface area contributed by atoms with Crippen molar-refractivity contribution in [2.45, 2.75) is 108 Å². The third kappa shape index (κ3) is 8.09. The Morgan fingerprint density at radius 2 is 1.49 bits per heavy atom. The van der Waals surface area contributed by atoms with Crippen LogP contribution in [0.1, 0.15) is 100 Å². The lowest BCUT2D eigenvalue weighted by Gasteiger charge is -2.34. The van der Waals surface area contributed by atoms with Gasteiger partial charge in [0.25, 0.3) is 0 Å². The van der Waals surface area contributed by atoms with Crippen LogP contribution in [0.2, 0.25) is 0 Å². The van der Waals surface area contributed by atoms with Gasteiger partial charge in [0.1, 0.15) is 17.0 Å². The average Bonchev–Trinajstić information content (AvgIpc) is 3.54. The van der Waals surface area contributed by atoms with E-state index >= 15 is 0 Å². The number of carbonyl (C=O) groups excluding carboxylic acids is 1. The van der Waals surface area contributed by atoms with Crippen molar-refractivity contribution in [3.8, 4) is 0 Å². The van der Waals surface area contributed by atoms with E-state index in [0.717, 1.165) is 18.4 Å². The molecule has 2 saturated carbocycles. The predicted octanol–water partition coefficient (Wildman–Crippen LogP) is 8.75. The van der Waals surface area contributed by atoms with E-state index in [1.807, 2.05) is 0 Å². The molecule has 2 fully saturated rings. The van der Waals surface area contributed by atoms with Crippen LogP contribution in [0.5, 0.6) is 0 Å². The number of hydrogen-bond donors (Lipinski definition) is 1. The molecule has 0 aliphatic heterocycles. The SMILES string of the molecule is C[C@H](OC1CCC(CNC2(C(=O)OC(C)(C)C)CCCC2)C1c1ccc(F)cc1)c1cc(C(F)(F)F)cc(C(F)(F)F)c1. The molecule has 4 atom stereocenters. The fraction of sp³-hybridized carbons (Fsp3) is 0.594. The van der Waals surface area contributed by atoms with Crippen LogP contribution in [0.4, 0.5) is 30.7 Å². The Morgan fingerprint density at radius 3 is 2.00 bits per heavy atom. The van der Waals surface area contributed by atoms with Gasteiger partial charge in [-0.1, -0.05) is 25.0 Å². The van der Waals surface area contributed by atoms with Crippen LogP contribution in [-0.2, 0) is 26.6 Å². The van der Waals surface area contributed by atoms with Crippen LogP contribution in [0.25, 0.3) is 0 Å². The van der Waals surface area contributed by atoms with Crippen LogP contribution in [-0.4, -0.2) is 29.8 Å². The summed E-state index contributed by atoms with van der Waals surface area (Å²) in [7, 11) is 0. The van der Waals surface area contributed by atoms with Crippen molar-refractivity contribution in [1.82, 2.24) is 5.32 Å². The zero-order valence-electron chi connectivity index (χ0n) is 24.7. The number of halogens is 7. The van der Waals surface area contributed by atoms with E-state index in [2.05, 4.69) is 5.32 Å². The number of esters is 1. The highest BCUT2D eigenvalue weighted by molar-refractivity contribution is 5.81. The van der Waals surface area contributed by atoms with Crippen LogP contribution in [0.3, 0.4) is 0 Å². The first kappa shape index (κ1) is 33.2. The molecule has 4 rings (SSSR count). The van der Waals surface area contributed by atoms with Crippen molar-refractivity contribution in [1.29, 1.82) is 0 Å². The highest BCUT2D eigenvalue weighted by atomic mass is 19.4. The monoisotopic (exact) mass is 617 g/mol. The Hall–Kier alpha value is -2.66. The quantitative estimate of drug-likeness (QED) is 0.238. The average molecular weight is 618 g/mol. The Morgan fingerprint density at radius 1 is 0.930 bits per heavy atom. The van der Waals surface area contributed by atoms with E-state index in [1.165, 1.54) is 19.1 Å². The van der Waals surface area contributed by atoms with Gasteiger partial charge in [-0.15, -0.1) is 0 Å². The van der Waals surface area contributed by atoms with Gasteiger partial charge in [-0.05, 0) is 107 Å². The number of hydrogen-bond acceptors (Lipinski definition) is 4. The fourth-order valence-electron chi connectivity index (χ4n) is 6.28. The number of alkyl halides is 6. The lowest BCUT2D eigenvalue weighted by Crippen LogP contribution is -2.54. The molecule has 0 radical (unpaired) electrons. The van der Waals surface area contributed by atoms with E-state index < -0.39 is 52.6 Å². The Balaban J connectivity index is 1.59. The summed E-state index contributed by atoms with van der Waals surface area (Å²) in [6, 6.07) is 7.31. The second kappa shape index (κ2) is 12.4. The highest BCUT2D eigenvalue weighted by Crippen LogP contribution is 2.45. The standard InChI is InChI=1S/C32H38F7NO3/c1-19(22-15-23(31(34,35)36)17-24(16-22)32(37,38)39)42-26-12-9-21(27(26)20-7-10-25(33)11-8-20)18-40-30(13-5-6-14-30)28(41)43-29(2,3)4/h7-8,10-11,15-17,19,21,26-27,40H,5-6,9,12-14,18H2,1-4H3/t19-,21?,26?,27?/m0/s1. The smallest absolute Gasteiger partial charge is 0.416 e. The molecule has 2 aromatic carbocycles. The van der Waals surface area contributed by atoms with Crippen LogP contribution in [0.15, 0.2) is 42.5 Å². The second-order valence-electron chi connectivity index (χ2n) is 12.7. The third-order valence-corrected chi connectivity index (χ3v) is 8.39. The Bertz CT molecular complexity index is 1230. The second-order valence-corrected chi connectivity index (χ2v) is 12.7. The van der Waals surface area contributed by atoms with Crippen LogP contribution in [0, 0.1) is 11.7 Å². The molecule has 43 heavy (non-hydrogen) atoms. The van der Waals surface area contributed by atoms with Crippen molar-refractivity contribution in [2.75, 3.05) is 6.54 Å². The predicted molar refractivity (Wildman–Crippen MR) is 147 cm³/mol. The van der Waals surface area contributed by atoms with Gasteiger partial charge in [-0.3, -0.25) is 4.79 Å².